The van der Waals surface area contributed by atoms with Crippen molar-refractivity contribution in [3.8, 4) is 0 Å². The highest BCUT2D eigenvalue weighted by Crippen LogP contribution is 2.25. The minimum absolute atomic E-state index is 0.0587. The van der Waals surface area contributed by atoms with E-state index in [4.69, 9.17) is 0 Å². The smallest absolute Gasteiger partial charge is 0.252 e. The Morgan fingerprint density at radius 1 is 1.30 bits per heavy atom. The maximum absolute atomic E-state index is 12.4. The molecule has 1 aromatic rings. The fourth-order valence-electron chi connectivity index (χ4n) is 2.25. The van der Waals surface area contributed by atoms with E-state index in [1.807, 2.05) is 0 Å². The first kappa shape index (κ1) is 16.1. The quantitative estimate of drug-likeness (QED) is 0.801. The topological polar surface area (TPSA) is 75.2 Å². The third-order valence-corrected chi connectivity index (χ3v) is 5.84. The van der Waals surface area contributed by atoms with E-state index < -0.39 is 10.2 Å². The summed E-state index contributed by atoms with van der Waals surface area (Å²) >= 11 is 6.37. The van der Waals surface area contributed by atoms with Crippen LogP contribution < -0.4 is 4.72 Å². The van der Waals surface area contributed by atoms with Crippen molar-refractivity contribution in [2.75, 3.05) is 11.8 Å². The molecule has 1 fully saturated rings. The molecule has 0 radical (unpaired) electrons. The lowest BCUT2D eigenvalue weighted by molar-refractivity contribution is 0.287. The van der Waals surface area contributed by atoms with Crippen LogP contribution in [-0.2, 0) is 10.2 Å². The summed E-state index contributed by atoms with van der Waals surface area (Å²) in [5, 5.41) is 0. The van der Waals surface area contributed by atoms with Gasteiger partial charge in [0.2, 0.25) is 0 Å². The fourth-order valence-corrected chi connectivity index (χ4v) is 4.43. The molecule has 2 rings (SSSR count). The first-order valence-corrected chi connectivity index (χ1v) is 9.36. The molecule has 0 aliphatic heterocycles. The van der Waals surface area contributed by atoms with Gasteiger partial charge in [-0.1, -0.05) is 19.3 Å². The van der Waals surface area contributed by atoms with Crippen LogP contribution >= 0.6 is 31.9 Å². The molecule has 0 atom stereocenters. The van der Waals surface area contributed by atoms with Crippen molar-refractivity contribution in [1.29, 1.82) is 0 Å². The fraction of sp³-hybridized carbons (Fsp3) is 0.636. The molecule has 0 unspecified atom stereocenters. The van der Waals surface area contributed by atoms with Crippen molar-refractivity contribution in [1.82, 2.24) is 14.3 Å². The molecule has 9 heteroatoms. The molecule has 0 amide bonds. The number of hydrogen-bond acceptors (Lipinski definition) is 4. The molecule has 112 valence electrons. The lowest BCUT2D eigenvalue weighted by Gasteiger charge is -2.30. The van der Waals surface area contributed by atoms with Crippen LogP contribution in [0.1, 0.15) is 32.1 Å². The minimum Gasteiger partial charge on any atom is -0.252 e. The van der Waals surface area contributed by atoms with Crippen molar-refractivity contribution in [3.05, 3.63) is 15.4 Å². The van der Waals surface area contributed by atoms with E-state index >= 15 is 0 Å². The predicted octanol–water partition coefficient (Wildman–Crippen LogP) is 2.92. The largest absolute Gasteiger partial charge is 0.302 e. The summed E-state index contributed by atoms with van der Waals surface area (Å²) in [4.78, 5) is 8.07. The van der Waals surface area contributed by atoms with Gasteiger partial charge >= 0.3 is 10.2 Å². The van der Waals surface area contributed by atoms with E-state index in [-0.39, 0.29) is 11.9 Å². The van der Waals surface area contributed by atoms with Gasteiger partial charge in [0.05, 0.1) is 6.20 Å². The van der Waals surface area contributed by atoms with Crippen LogP contribution in [0.5, 0.6) is 0 Å². The molecule has 0 aromatic carbocycles. The van der Waals surface area contributed by atoms with E-state index in [9.17, 15) is 8.42 Å². The van der Waals surface area contributed by atoms with Gasteiger partial charge in [0.15, 0.2) is 10.4 Å². The van der Waals surface area contributed by atoms with Gasteiger partial charge in [-0.05, 0) is 44.7 Å². The Bertz CT molecular complexity index is 576. The molecule has 1 aliphatic rings. The summed E-state index contributed by atoms with van der Waals surface area (Å²) in [5.74, 6) is 0.191. The predicted molar refractivity (Wildman–Crippen MR) is 84.6 cm³/mol. The highest BCUT2D eigenvalue weighted by atomic mass is 79.9. The van der Waals surface area contributed by atoms with Gasteiger partial charge < -0.3 is 0 Å². The maximum atomic E-state index is 12.4. The summed E-state index contributed by atoms with van der Waals surface area (Å²) in [6, 6.07) is 0.0587. The van der Waals surface area contributed by atoms with Crippen LogP contribution in [0.4, 0.5) is 5.82 Å². The normalized spacial score (nSPS) is 17.4. The Labute approximate surface area is 135 Å². The average Bonchev–Trinajstić information content (AvgIpc) is 2.42. The minimum atomic E-state index is -3.61. The second kappa shape index (κ2) is 6.67. The molecule has 1 aromatic heterocycles. The van der Waals surface area contributed by atoms with Gasteiger partial charge in [-0.2, -0.15) is 12.7 Å². The highest BCUT2D eigenvalue weighted by molar-refractivity contribution is 9.11. The van der Waals surface area contributed by atoms with Crippen LogP contribution in [0.25, 0.3) is 0 Å². The maximum Gasteiger partial charge on any atom is 0.302 e. The zero-order chi connectivity index (χ0) is 14.8. The molecule has 6 nitrogen and oxygen atoms in total. The van der Waals surface area contributed by atoms with Crippen molar-refractivity contribution < 1.29 is 8.42 Å². The number of nitrogens with zero attached hydrogens (tertiary/aromatic N) is 3. The third kappa shape index (κ3) is 3.90. The van der Waals surface area contributed by atoms with Gasteiger partial charge in [0, 0.05) is 13.1 Å². The van der Waals surface area contributed by atoms with Crippen LogP contribution in [-0.4, -0.2) is 35.8 Å². The zero-order valence-corrected chi connectivity index (χ0v) is 15.0. The Kier molecular flexibility index (Phi) is 5.38. The zero-order valence-electron chi connectivity index (χ0n) is 11.0. The molecular formula is C11H16Br2N4O2S. The molecule has 0 saturated heterocycles. The van der Waals surface area contributed by atoms with Gasteiger partial charge in [0.25, 0.3) is 0 Å². The average molecular weight is 428 g/mol. The number of nitrogens with one attached hydrogen (secondary N) is 1. The second-order valence-electron chi connectivity index (χ2n) is 4.75. The van der Waals surface area contributed by atoms with Crippen molar-refractivity contribution in [2.24, 2.45) is 0 Å². The molecular weight excluding hydrogens is 412 g/mol. The standard InChI is InChI=1S/C11H16Br2N4O2S/c1-17(8-5-3-2-4-6-8)20(18,19)16-11-10(13)15-9(12)7-14-11/h7-8H,2-6H2,1H3,(H,14,16). The first-order chi connectivity index (χ1) is 9.40. The van der Waals surface area contributed by atoms with Gasteiger partial charge in [0.1, 0.15) is 4.60 Å². The van der Waals surface area contributed by atoms with E-state index in [0.29, 0.717) is 9.21 Å². The highest BCUT2D eigenvalue weighted by Gasteiger charge is 2.28. The summed E-state index contributed by atoms with van der Waals surface area (Å²) in [6.45, 7) is 0. The van der Waals surface area contributed by atoms with Gasteiger partial charge in [-0.3, -0.25) is 4.72 Å². The number of aromatic nitrogens is 2. The van der Waals surface area contributed by atoms with Crippen molar-refractivity contribution >= 4 is 47.9 Å². The second-order valence-corrected chi connectivity index (χ2v) is 8.04. The summed E-state index contributed by atoms with van der Waals surface area (Å²) in [6.07, 6.45) is 6.60. The Morgan fingerprint density at radius 3 is 2.55 bits per heavy atom. The number of rotatable bonds is 4. The van der Waals surface area contributed by atoms with Crippen LogP contribution in [0.15, 0.2) is 15.4 Å². The Hall–Kier alpha value is -0.250. The monoisotopic (exact) mass is 426 g/mol. The van der Waals surface area contributed by atoms with Crippen LogP contribution in [0.2, 0.25) is 0 Å². The molecule has 0 spiro atoms. The van der Waals surface area contributed by atoms with Crippen molar-refractivity contribution in [3.63, 3.8) is 0 Å². The summed E-state index contributed by atoms with van der Waals surface area (Å²) < 4.78 is 29.5. The van der Waals surface area contributed by atoms with E-state index in [0.717, 1.165) is 25.7 Å². The first-order valence-electron chi connectivity index (χ1n) is 6.34. The Morgan fingerprint density at radius 2 is 1.95 bits per heavy atom. The van der Waals surface area contributed by atoms with E-state index in [2.05, 4.69) is 46.5 Å². The molecule has 1 heterocycles. The number of halogens is 2. The van der Waals surface area contributed by atoms with Gasteiger partial charge in [-0.15, -0.1) is 0 Å². The molecule has 20 heavy (non-hydrogen) atoms. The molecule has 0 bridgehead atoms. The lowest BCUT2D eigenvalue weighted by Crippen LogP contribution is -2.41. The molecule has 1 aliphatic carbocycles. The number of anilines is 1. The summed E-state index contributed by atoms with van der Waals surface area (Å²) in [7, 11) is -2.00. The van der Waals surface area contributed by atoms with Crippen LogP contribution in [0, 0.1) is 0 Å². The van der Waals surface area contributed by atoms with Crippen molar-refractivity contribution in [2.45, 2.75) is 38.1 Å². The molecule has 1 saturated carbocycles. The Balaban J connectivity index is 2.13. The third-order valence-electron chi connectivity index (χ3n) is 3.39. The molecule has 1 N–H and O–H groups in total. The summed E-state index contributed by atoms with van der Waals surface area (Å²) in [5.41, 5.74) is 0. The SMILES string of the molecule is CN(C1CCCCC1)S(=O)(=O)Nc1ncc(Br)nc1Br. The van der Waals surface area contributed by atoms with Crippen LogP contribution in [0.3, 0.4) is 0 Å². The lowest BCUT2D eigenvalue weighted by atomic mass is 9.96. The van der Waals surface area contributed by atoms with E-state index in [1.165, 1.54) is 16.9 Å². The van der Waals surface area contributed by atoms with E-state index in [1.54, 1.807) is 7.05 Å². The number of hydrogen-bond donors (Lipinski definition) is 1. The van der Waals surface area contributed by atoms with Gasteiger partial charge in [-0.25, -0.2) is 9.97 Å².